The van der Waals surface area contributed by atoms with E-state index < -0.39 is 12.6 Å². The fraction of sp³-hybridized carbons (Fsp3) is 0.692. The predicted octanol–water partition coefficient (Wildman–Crippen LogP) is 8.23. The quantitative estimate of drug-likeness (QED) is 0.440. The number of carbonyl (C=O) groups excluding carboxylic acids is 2. The van der Waals surface area contributed by atoms with Gasteiger partial charge in [-0.3, -0.25) is 9.59 Å². The number of carbonyl (C=O) groups is 2. The van der Waals surface area contributed by atoms with Crippen molar-refractivity contribution in [3.8, 4) is 0 Å². The molecule has 178 valence electrons. The van der Waals surface area contributed by atoms with Crippen LogP contribution in [0.5, 0.6) is 0 Å². The van der Waals surface area contributed by atoms with Crippen molar-refractivity contribution in [1.82, 2.24) is 0 Å². The lowest BCUT2D eigenvalue weighted by molar-refractivity contribution is -0.127. The minimum atomic E-state index is -4.20. The summed E-state index contributed by atoms with van der Waals surface area (Å²) in [6, 6.07) is 5.46. The summed E-state index contributed by atoms with van der Waals surface area (Å²) in [6.45, 7) is 11.9. The summed E-state index contributed by atoms with van der Waals surface area (Å²) in [7, 11) is 0. The highest BCUT2D eigenvalue weighted by molar-refractivity contribution is 5.94. The van der Waals surface area contributed by atoms with Crippen molar-refractivity contribution in [3.05, 3.63) is 35.4 Å². The van der Waals surface area contributed by atoms with E-state index in [2.05, 4.69) is 13.8 Å². The van der Waals surface area contributed by atoms with Crippen molar-refractivity contribution >= 4 is 11.6 Å². The number of rotatable bonds is 4. The molecule has 0 aliphatic heterocycles. The first-order chi connectivity index (χ1) is 14.5. The number of alkyl halides is 3. The summed E-state index contributed by atoms with van der Waals surface area (Å²) in [4.78, 5) is 22.1. The lowest BCUT2D eigenvalue weighted by Crippen LogP contribution is -2.19. The molecular weight excluding hydrogens is 401 g/mol. The molecule has 3 rings (SSSR count). The lowest BCUT2D eigenvalue weighted by Gasteiger charge is -2.24. The first kappa shape index (κ1) is 29.4. The van der Waals surface area contributed by atoms with Gasteiger partial charge in [0, 0.05) is 17.9 Å². The molecule has 0 atom stereocenters. The van der Waals surface area contributed by atoms with E-state index >= 15 is 0 Å². The Bertz CT molecular complexity index is 623. The maximum atomic E-state index is 11.9. The van der Waals surface area contributed by atoms with Crippen LogP contribution in [0.2, 0.25) is 0 Å². The number of Topliss-reactive ketones (excluding diaryl/α,β-unsaturated/α-hetero) is 2. The zero-order chi connectivity index (χ0) is 24.0. The van der Waals surface area contributed by atoms with E-state index in [1.54, 1.807) is 0 Å². The molecule has 2 aliphatic rings. The zero-order valence-corrected chi connectivity index (χ0v) is 20.1. The Hall–Kier alpha value is -1.65. The first-order valence-corrected chi connectivity index (χ1v) is 11.7. The number of halogens is 3. The molecule has 31 heavy (non-hydrogen) atoms. The standard InChI is InChI=1S/C10H9F3O.C10H18O.C4H8.C2H6/c1-7(14)9-4-2-8(3-5-9)6-10(11,12)13;1-3-10(11)9-6-4-8(2)5-7-9;1-4-2-3-4;1-2/h2-5H,6H2,1H3;8-9H,3-7H2,1-2H3;4H,2-3H2,1H3;1-2H3. The van der Waals surface area contributed by atoms with Gasteiger partial charge in [-0.15, -0.1) is 0 Å². The van der Waals surface area contributed by atoms with E-state index in [9.17, 15) is 22.8 Å². The minimum absolute atomic E-state index is 0.149. The van der Waals surface area contributed by atoms with Crippen LogP contribution in [0.15, 0.2) is 24.3 Å². The average molecular weight is 443 g/mol. The average Bonchev–Trinajstić information content (AvgIpc) is 3.52. The monoisotopic (exact) mass is 442 g/mol. The third-order valence-corrected chi connectivity index (χ3v) is 5.45. The van der Waals surface area contributed by atoms with Gasteiger partial charge in [-0.25, -0.2) is 0 Å². The molecule has 1 aromatic rings. The molecule has 0 saturated heterocycles. The van der Waals surface area contributed by atoms with Crippen molar-refractivity contribution in [2.75, 3.05) is 0 Å². The van der Waals surface area contributed by atoms with Crippen LogP contribution in [0.1, 0.15) is 102 Å². The topological polar surface area (TPSA) is 34.1 Å². The second-order valence-corrected chi connectivity index (χ2v) is 8.50. The molecule has 0 N–H and O–H groups in total. The van der Waals surface area contributed by atoms with Crippen LogP contribution in [0.3, 0.4) is 0 Å². The summed E-state index contributed by atoms with van der Waals surface area (Å²) >= 11 is 0. The number of benzene rings is 1. The second kappa shape index (κ2) is 15.2. The van der Waals surface area contributed by atoms with Crippen LogP contribution < -0.4 is 0 Å². The van der Waals surface area contributed by atoms with Crippen molar-refractivity contribution in [3.63, 3.8) is 0 Å². The molecule has 0 bridgehead atoms. The van der Waals surface area contributed by atoms with Gasteiger partial charge in [-0.2, -0.15) is 13.2 Å². The molecule has 0 spiro atoms. The molecular formula is C26H41F3O2. The SMILES string of the molecule is CC.CC(=O)c1ccc(CC(F)(F)F)cc1.CC1CC1.CCC(=O)C1CCC(C)CC1. The largest absolute Gasteiger partial charge is 0.393 e. The summed E-state index contributed by atoms with van der Waals surface area (Å²) in [5, 5.41) is 0. The fourth-order valence-electron chi connectivity index (χ4n) is 3.13. The summed E-state index contributed by atoms with van der Waals surface area (Å²) in [5.74, 6) is 2.69. The highest BCUT2D eigenvalue weighted by Crippen LogP contribution is 2.29. The van der Waals surface area contributed by atoms with Gasteiger partial charge in [0.1, 0.15) is 5.78 Å². The van der Waals surface area contributed by atoms with E-state index in [-0.39, 0.29) is 11.3 Å². The second-order valence-electron chi connectivity index (χ2n) is 8.50. The van der Waals surface area contributed by atoms with Crippen LogP contribution >= 0.6 is 0 Å². The molecule has 2 saturated carbocycles. The Kier molecular flexibility index (Phi) is 14.4. The van der Waals surface area contributed by atoms with Crippen LogP contribution in [-0.4, -0.2) is 17.7 Å². The van der Waals surface area contributed by atoms with Gasteiger partial charge in [-0.1, -0.05) is 84.6 Å². The summed E-state index contributed by atoms with van der Waals surface area (Å²) in [5.41, 5.74) is 0.596. The van der Waals surface area contributed by atoms with E-state index in [4.69, 9.17) is 0 Å². The maximum absolute atomic E-state index is 11.9. The van der Waals surface area contributed by atoms with Crippen molar-refractivity contribution in [2.24, 2.45) is 17.8 Å². The molecule has 1 aromatic carbocycles. The first-order valence-electron chi connectivity index (χ1n) is 11.7. The Morgan fingerprint density at radius 2 is 1.29 bits per heavy atom. The highest BCUT2D eigenvalue weighted by atomic mass is 19.4. The number of ketones is 2. The van der Waals surface area contributed by atoms with Crippen molar-refractivity contribution < 1.29 is 22.8 Å². The van der Waals surface area contributed by atoms with Crippen molar-refractivity contribution in [1.29, 1.82) is 0 Å². The van der Waals surface area contributed by atoms with E-state index in [1.807, 2.05) is 20.8 Å². The van der Waals surface area contributed by atoms with Gasteiger partial charge in [0.05, 0.1) is 6.42 Å². The van der Waals surface area contributed by atoms with Gasteiger partial charge in [0.25, 0.3) is 0 Å². The third-order valence-electron chi connectivity index (χ3n) is 5.45. The van der Waals surface area contributed by atoms with Gasteiger partial charge >= 0.3 is 6.18 Å². The van der Waals surface area contributed by atoms with Gasteiger partial charge in [0.15, 0.2) is 5.78 Å². The molecule has 5 heteroatoms. The number of hydrogen-bond acceptors (Lipinski definition) is 2. The van der Waals surface area contributed by atoms with Crippen LogP contribution in [0.25, 0.3) is 0 Å². The summed E-state index contributed by atoms with van der Waals surface area (Å²) in [6.07, 6.45) is 3.37. The molecule has 0 heterocycles. The molecule has 0 aromatic heterocycles. The normalized spacial score (nSPS) is 20.0. The Morgan fingerprint density at radius 3 is 1.61 bits per heavy atom. The molecule has 0 radical (unpaired) electrons. The smallest absolute Gasteiger partial charge is 0.299 e. The zero-order valence-electron chi connectivity index (χ0n) is 20.1. The third kappa shape index (κ3) is 14.9. The van der Waals surface area contributed by atoms with Gasteiger partial charge in [0.2, 0.25) is 0 Å². The Morgan fingerprint density at radius 1 is 0.871 bits per heavy atom. The van der Waals surface area contributed by atoms with E-state index in [1.165, 1.54) is 56.9 Å². The molecule has 2 nitrogen and oxygen atoms in total. The van der Waals surface area contributed by atoms with Gasteiger partial charge in [-0.05, 0) is 37.2 Å². The van der Waals surface area contributed by atoms with Crippen LogP contribution in [-0.2, 0) is 11.2 Å². The number of hydrogen-bond donors (Lipinski definition) is 0. The molecule has 2 aliphatic carbocycles. The van der Waals surface area contributed by atoms with Gasteiger partial charge < -0.3 is 0 Å². The highest BCUT2D eigenvalue weighted by Gasteiger charge is 2.27. The summed E-state index contributed by atoms with van der Waals surface area (Å²) < 4.78 is 35.8. The minimum Gasteiger partial charge on any atom is -0.299 e. The Labute approximate surface area is 187 Å². The van der Waals surface area contributed by atoms with Crippen molar-refractivity contribution in [2.45, 2.75) is 99.1 Å². The van der Waals surface area contributed by atoms with Crippen LogP contribution in [0.4, 0.5) is 13.2 Å². The van der Waals surface area contributed by atoms with E-state index in [0.717, 1.165) is 31.1 Å². The molecule has 0 amide bonds. The Balaban J connectivity index is 0.000000467. The fourth-order valence-corrected chi connectivity index (χ4v) is 3.13. The van der Waals surface area contributed by atoms with Crippen LogP contribution in [0, 0.1) is 17.8 Å². The maximum Gasteiger partial charge on any atom is 0.393 e. The van der Waals surface area contributed by atoms with E-state index in [0.29, 0.717) is 17.3 Å². The lowest BCUT2D eigenvalue weighted by atomic mass is 9.80. The molecule has 0 unspecified atom stereocenters. The molecule has 2 fully saturated rings. The predicted molar refractivity (Wildman–Crippen MR) is 122 cm³/mol.